The third kappa shape index (κ3) is 3.57. The third-order valence-electron chi connectivity index (χ3n) is 1.94. The highest BCUT2D eigenvalue weighted by molar-refractivity contribution is 7.90. The Morgan fingerprint density at radius 2 is 2.22 bits per heavy atom. The number of nitrogens with zero attached hydrogens (tertiary/aromatic N) is 1. The minimum Gasteiger partial charge on any atom is -0.409 e. The van der Waals surface area contributed by atoms with Crippen LogP contribution in [0.15, 0.2) is 23.4 Å². The number of halogens is 1. The fourth-order valence-electron chi connectivity index (χ4n) is 1.24. The zero-order chi connectivity index (χ0) is 13.8. The summed E-state index contributed by atoms with van der Waals surface area (Å²) in [4.78, 5) is 0. The lowest BCUT2D eigenvalue weighted by molar-refractivity contribution is 0.318. The standard InChI is InChI=1S/C9H13FN4O3S/c1-2-12-18(16,17)14-8-4-3-6(10)5-7(8)9(11)13-15/h3-5,12,14-15H,2H2,1H3,(H2,11,13). The molecule has 0 amide bonds. The Balaban J connectivity index is 3.17. The maximum Gasteiger partial charge on any atom is 0.299 e. The second-order valence-electron chi connectivity index (χ2n) is 3.28. The molecule has 0 saturated heterocycles. The Morgan fingerprint density at radius 1 is 1.56 bits per heavy atom. The van der Waals surface area contributed by atoms with Crippen molar-refractivity contribution in [3.8, 4) is 0 Å². The van der Waals surface area contributed by atoms with E-state index in [0.29, 0.717) is 0 Å². The van der Waals surface area contributed by atoms with Crippen LogP contribution in [0.5, 0.6) is 0 Å². The van der Waals surface area contributed by atoms with Crippen LogP contribution in [-0.4, -0.2) is 26.0 Å². The van der Waals surface area contributed by atoms with Gasteiger partial charge in [0.1, 0.15) is 5.82 Å². The minimum atomic E-state index is -3.78. The number of hydrogen-bond donors (Lipinski definition) is 4. The molecule has 5 N–H and O–H groups in total. The van der Waals surface area contributed by atoms with Crippen molar-refractivity contribution in [3.05, 3.63) is 29.6 Å². The molecule has 100 valence electrons. The molecule has 18 heavy (non-hydrogen) atoms. The zero-order valence-electron chi connectivity index (χ0n) is 9.51. The number of hydrogen-bond acceptors (Lipinski definition) is 4. The van der Waals surface area contributed by atoms with Gasteiger partial charge >= 0.3 is 0 Å². The van der Waals surface area contributed by atoms with Gasteiger partial charge in [0.05, 0.1) is 5.69 Å². The van der Waals surface area contributed by atoms with Crippen LogP contribution < -0.4 is 15.2 Å². The van der Waals surface area contributed by atoms with E-state index >= 15 is 0 Å². The van der Waals surface area contributed by atoms with E-state index in [4.69, 9.17) is 10.9 Å². The molecular formula is C9H13FN4O3S. The molecule has 0 atom stereocenters. The Labute approximate surface area is 104 Å². The summed E-state index contributed by atoms with van der Waals surface area (Å²) in [5, 5.41) is 11.3. The van der Waals surface area contributed by atoms with Crippen LogP contribution >= 0.6 is 0 Å². The van der Waals surface area contributed by atoms with E-state index in [1.165, 1.54) is 6.07 Å². The number of nitrogens with two attached hydrogens (primary N) is 1. The molecule has 9 heteroatoms. The van der Waals surface area contributed by atoms with Crippen LogP contribution in [0.4, 0.5) is 10.1 Å². The van der Waals surface area contributed by atoms with Gasteiger partial charge in [0.25, 0.3) is 10.2 Å². The molecule has 0 bridgehead atoms. The first-order chi connectivity index (χ1) is 8.39. The fraction of sp³-hybridized carbons (Fsp3) is 0.222. The van der Waals surface area contributed by atoms with Crippen molar-refractivity contribution in [2.24, 2.45) is 10.9 Å². The largest absolute Gasteiger partial charge is 0.409 e. The number of nitrogens with one attached hydrogen (secondary N) is 2. The highest BCUT2D eigenvalue weighted by Gasteiger charge is 2.14. The monoisotopic (exact) mass is 276 g/mol. The van der Waals surface area contributed by atoms with Gasteiger partial charge in [-0.05, 0) is 18.2 Å². The molecular weight excluding hydrogens is 263 g/mol. The molecule has 0 aliphatic carbocycles. The van der Waals surface area contributed by atoms with Gasteiger partial charge in [0.15, 0.2) is 5.84 Å². The third-order valence-corrected chi connectivity index (χ3v) is 3.10. The van der Waals surface area contributed by atoms with Gasteiger partial charge in [-0.25, -0.2) is 4.39 Å². The van der Waals surface area contributed by atoms with Gasteiger partial charge in [-0.15, -0.1) is 0 Å². The van der Waals surface area contributed by atoms with Crippen LogP contribution in [0, 0.1) is 5.82 Å². The molecule has 7 nitrogen and oxygen atoms in total. The van der Waals surface area contributed by atoms with E-state index in [9.17, 15) is 12.8 Å². The van der Waals surface area contributed by atoms with E-state index < -0.39 is 21.9 Å². The quantitative estimate of drug-likeness (QED) is 0.266. The first kappa shape index (κ1) is 14.2. The topological polar surface area (TPSA) is 117 Å². The molecule has 0 aromatic heterocycles. The highest BCUT2D eigenvalue weighted by Crippen LogP contribution is 2.17. The van der Waals surface area contributed by atoms with Crippen molar-refractivity contribution in [2.45, 2.75) is 6.92 Å². The highest BCUT2D eigenvalue weighted by atomic mass is 32.2. The molecule has 1 rings (SSSR count). The normalized spacial score (nSPS) is 12.4. The number of rotatable bonds is 5. The maximum atomic E-state index is 13.0. The summed E-state index contributed by atoms with van der Waals surface area (Å²) in [5.74, 6) is -1.04. The minimum absolute atomic E-state index is 0.00708. The fourth-order valence-corrected chi connectivity index (χ4v) is 2.16. The van der Waals surface area contributed by atoms with Gasteiger partial charge in [-0.3, -0.25) is 4.72 Å². The average molecular weight is 276 g/mol. The first-order valence-corrected chi connectivity index (χ1v) is 6.42. The number of oxime groups is 1. The predicted molar refractivity (Wildman–Crippen MR) is 65.1 cm³/mol. The second kappa shape index (κ2) is 5.65. The van der Waals surface area contributed by atoms with Crippen molar-refractivity contribution < 1.29 is 18.0 Å². The summed E-state index contributed by atoms with van der Waals surface area (Å²) in [6.07, 6.45) is 0. The molecule has 0 saturated carbocycles. The summed E-state index contributed by atoms with van der Waals surface area (Å²) in [5.41, 5.74) is 5.29. The van der Waals surface area contributed by atoms with Gasteiger partial charge < -0.3 is 10.9 Å². The van der Waals surface area contributed by atoms with Crippen LogP contribution in [0.2, 0.25) is 0 Å². The molecule has 1 aromatic rings. The summed E-state index contributed by atoms with van der Waals surface area (Å²) in [7, 11) is -3.78. The Bertz CT molecular complexity index is 559. The van der Waals surface area contributed by atoms with E-state index in [-0.39, 0.29) is 17.8 Å². The lowest BCUT2D eigenvalue weighted by Crippen LogP contribution is -2.31. The van der Waals surface area contributed by atoms with Crippen LogP contribution in [-0.2, 0) is 10.2 Å². The molecule has 0 aliphatic heterocycles. The molecule has 0 radical (unpaired) electrons. The average Bonchev–Trinajstić information content (AvgIpc) is 2.30. The number of benzene rings is 1. The van der Waals surface area contributed by atoms with Crippen LogP contribution in [0.25, 0.3) is 0 Å². The zero-order valence-corrected chi connectivity index (χ0v) is 10.3. The molecule has 0 unspecified atom stereocenters. The first-order valence-electron chi connectivity index (χ1n) is 4.94. The smallest absolute Gasteiger partial charge is 0.299 e. The second-order valence-corrected chi connectivity index (χ2v) is 4.78. The summed E-state index contributed by atoms with van der Waals surface area (Å²) in [6, 6.07) is 3.19. The summed E-state index contributed by atoms with van der Waals surface area (Å²) in [6.45, 7) is 1.80. The Hall–Kier alpha value is -1.87. The van der Waals surface area contributed by atoms with E-state index in [1.807, 2.05) is 0 Å². The Morgan fingerprint density at radius 3 is 2.78 bits per heavy atom. The summed E-state index contributed by atoms with van der Waals surface area (Å²) < 4.78 is 40.4. The van der Waals surface area contributed by atoms with Crippen molar-refractivity contribution in [1.82, 2.24) is 4.72 Å². The van der Waals surface area contributed by atoms with E-state index in [0.717, 1.165) is 12.1 Å². The van der Waals surface area contributed by atoms with E-state index in [2.05, 4.69) is 14.6 Å². The molecule has 1 aromatic carbocycles. The van der Waals surface area contributed by atoms with Crippen molar-refractivity contribution >= 4 is 21.7 Å². The molecule has 0 fully saturated rings. The van der Waals surface area contributed by atoms with Crippen molar-refractivity contribution in [1.29, 1.82) is 0 Å². The van der Waals surface area contributed by atoms with E-state index in [1.54, 1.807) is 6.92 Å². The molecule has 0 spiro atoms. The molecule has 0 aliphatic rings. The van der Waals surface area contributed by atoms with Gasteiger partial charge in [0, 0.05) is 12.1 Å². The maximum absolute atomic E-state index is 13.0. The summed E-state index contributed by atoms with van der Waals surface area (Å²) >= 11 is 0. The van der Waals surface area contributed by atoms with Gasteiger partial charge in [-0.1, -0.05) is 12.1 Å². The Kier molecular flexibility index (Phi) is 4.45. The SMILES string of the molecule is CCNS(=O)(=O)Nc1ccc(F)cc1/C(N)=N/O. The number of amidine groups is 1. The molecule has 0 heterocycles. The number of anilines is 1. The van der Waals surface area contributed by atoms with Gasteiger partial charge in [-0.2, -0.15) is 13.1 Å². The van der Waals surface area contributed by atoms with Crippen molar-refractivity contribution in [3.63, 3.8) is 0 Å². The lowest BCUT2D eigenvalue weighted by atomic mass is 10.1. The van der Waals surface area contributed by atoms with Gasteiger partial charge in [0.2, 0.25) is 0 Å². The lowest BCUT2D eigenvalue weighted by Gasteiger charge is -2.11. The predicted octanol–water partition coefficient (Wildman–Crippen LogP) is 0.186. The van der Waals surface area contributed by atoms with Crippen molar-refractivity contribution in [2.75, 3.05) is 11.3 Å². The van der Waals surface area contributed by atoms with Crippen LogP contribution in [0.1, 0.15) is 12.5 Å². The van der Waals surface area contributed by atoms with Crippen LogP contribution in [0.3, 0.4) is 0 Å².